The molecule has 0 aliphatic carbocycles. The highest BCUT2D eigenvalue weighted by molar-refractivity contribution is 6.31. The van der Waals surface area contributed by atoms with Crippen molar-refractivity contribution in [2.75, 3.05) is 11.4 Å². The van der Waals surface area contributed by atoms with E-state index in [4.69, 9.17) is 11.6 Å². The van der Waals surface area contributed by atoms with Crippen molar-refractivity contribution in [1.82, 2.24) is 0 Å². The Balaban J connectivity index is 2.00. The van der Waals surface area contributed by atoms with Crippen LogP contribution in [0.3, 0.4) is 0 Å². The monoisotopic (exact) mass is 344 g/mol. The molecule has 0 bridgehead atoms. The van der Waals surface area contributed by atoms with Crippen molar-refractivity contribution in [1.29, 1.82) is 0 Å². The van der Waals surface area contributed by atoms with Crippen LogP contribution in [0.15, 0.2) is 42.5 Å². The maximum absolute atomic E-state index is 12.8. The number of Topliss-reactive ketones (excluding diaryl/α,β-unsaturated/α-hetero) is 1. The fourth-order valence-electron chi connectivity index (χ4n) is 2.71. The SMILES string of the molecule is O=C1CCCN(C(=O)c2ccc([N+](=O)[O-])cc2)c2cc(Cl)ccc21. The van der Waals surface area contributed by atoms with Crippen LogP contribution in [-0.2, 0) is 0 Å². The van der Waals surface area contributed by atoms with Crippen LogP contribution in [0.25, 0.3) is 0 Å². The number of anilines is 1. The first-order chi connectivity index (χ1) is 11.5. The second kappa shape index (κ2) is 6.41. The van der Waals surface area contributed by atoms with Crippen LogP contribution in [-0.4, -0.2) is 23.2 Å². The van der Waals surface area contributed by atoms with Crippen LogP contribution in [0.4, 0.5) is 11.4 Å². The Kier molecular flexibility index (Phi) is 4.31. The van der Waals surface area contributed by atoms with Gasteiger partial charge in [-0.1, -0.05) is 11.6 Å². The van der Waals surface area contributed by atoms with Gasteiger partial charge < -0.3 is 4.90 Å². The minimum Gasteiger partial charge on any atom is -0.308 e. The van der Waals surface area contributed by atoms with E-state index >= 15 is 0 Å². The first kappa shape index (κ1) is 16.1. The van der Waals surface area contributed by atoms with Gasteiger partial charge in [0.1, 0.15) is 0 Å². The molecular formula is C17H13ClN2O4. The second-order valence-electron chi connectivity index (χ2n) is 5.45. The number of rotatable bonds is 2. The summed E-state index contributed by atoms with van der Waals surface area (Å²) in [4.78, 5) is 36.7. The number of nitro benzene ring substituents is 1. The number of amides is 1. The first-order valence-electron chi connectivity index (χ1n) is 7.36. The Morgan fingerprint density at radius 2 is 1.88 bits per heavy atom. The number of fused-ring (bicyclic) bond motifs is 1. The second-order valence-corrected chi connectivity index (χ2v) is 5.89. The number of non-ortho nitro benzene ring substituents is 1. The summed E-state index contributed by atoms with van der Waals surface area (Å²) in [5, 5.41) is 11.2. The van der Waals surface area contributed by atoms with Crippen LogP contribution in [0.5, 0.6) is 0 Å². The standard InChI is InChI=1S/C17H13ClN2O4/c18-12-5-8-14-15(10-12)19(9-1-2-16(14)21)17(22)11-3-6-13(7-4-11)20(23)24/h3-8,10H,1-2,9H2. The predicted octanol–water partition coefficient (Wildman–Crippen LogP) is 3.87. The van der Waals surface area contributed by atoms with E-state index in [9.17, 15) is 19.7 Å². The molecule has 2 aromatic carbocycles. The van der Waals surface area contributed by atoms with Crippen molar-refractivity contribution >= 4 is 34.7 Å². The molecule has 122 valence electrons. The Labute approximate surface area is 142 Å². The minimum absolute atomic E-state index is 0.0272. The van der Waals surface area contributed by atoms with Crippen LogP contribution in [0, 0.1) is 10.1 Å². The van der Waals surface area contributed by atoms with Gasteiger partial charge in [-0.05, 0) is 36.8 Å². The van der Waals surface area contributed by atoms with E-state index in [0.717, 1.165) is 0 Å². The van der Waals surface area contributed by atoms with Gasteiger partial charge in [-0.25, -0.2) is 0 Å². The van der Waals surface area contributed by atoms with E-state index in [0.29, 0.717) is 41.2 Å². The number of nitro groups is 1. The van der Waals surface area contributed by atoms with Crippen molar-refractivity contribution < 1.29 is 14.5 Å². The molecule has 1 aliphatic rings. The Morgan fingerprint density at radius 3 is 2.54 bits per heavy atom. The van der Waals surface area contributed by atoms with Gasteiger partial charge in [0.25, 0.3) is 11.6 Å². The molecule has 3 rings (SSSR count). The summed E-state index contributed by atoms with van der Waals surface area (Å²) in [6.45, 7) is 0.384. The third kappa shape index (κ3) is 3.00. The molecule has 6 nitrogen and oxygen atoms in total. The maximum atomic E-state index is 12.8. The summed E-state index contributed by atoms with van der Waals surface area (Å²) in [6, 6.07) is 10.3. The molecule has 0 fully saturated rings. The molecule has 0 aromatic heterocycles. The molecule has 0 atom stereocenters. The number of hydrogen-bond donors (Lipinski definition) is 0. The topological polar surface area (TPSA) is 80.5 Å². The summed E-state index contributed by atoms with van der Waals surface area (Å²) in [6.07, 6.45) is 0.905. The molecule has 0 radical (unpaired) electrons. The van der Waals surface area contributed by atoms with E-state index in [-0.39, 0.29) is 17.4 Å². The number of carbonyl (C=O) groups is 2. The molecule has 0 saturated carbocycles. The minimum atomic E-state index is -0.520. The third-order valence-corrected chi connectivity index (χ3v) is 4.14. The van der Waals surface area contributed by atoms with Crippen molar-refractivity contribution in [3.05, 3.63) is 68.7 Å². The van der Waals surface area contributed by atoms with Gasteiger partial charge in [-0.2, -0.15) is 0 Å². The Morgan fingerprint density at radius 1 is 1.17 bits per heavy atom. The molecule has 2 aromatic rings. The molecule has 0 saturated heterocycles. The number of halogens is 1. The van der Waals surface area contributed by atoms with Crippen molar-refractivity contribution in [3.8, 4) is 0 Å². The summed E-state index contributed by atoms with van der Waals surface area (Å²) in [5.74, 6) is -0.344. The van der Waals surface area contributed by atoms with E-state index < -0.39 is 4.92 Å². The zero-order valence-corrected chi connectivity index (χ0v) is 13.3. The Bertz CT molecular complexity index is 833. The zero-order chi connectivity index (χ0) is 17.3. The van der Waals surface area contributed by atoms with Gasteiger partial charge in [0, 0.05) is 41.2 Å². The summed E-state index contributed by atoms with van der Waals surface area (Å²) in [5.41, 5.74) is 1.18. The van der Waals surface area contributed by atoms with Crippen molar-refractivity contribution in [2.24, 2.45) is 0 Å². The van der Waals surface area contributed by atoms with E-state index in [1.807, 2.05) is 0 Å². The third-order valence-electron chi connectivity index (χ3n) is 3.91. The molecular weight excluding hydrogens is 332 g/mol. The summed E-state index contributed by atoms with van der Waals surface area (Å²) < 4.78 is 0. The molecule has 7 heteroatoms. The van der Waals surface area contributed by atoms with Crippen LogP contribution < -0.4 is 4.90 Å². The van der Waals surface area contributed by atoms with Crippen molar-refractivity contribution in [3.63, 3.8) is 0 Å². The summed E-state index contributed by atoms with van der Waals surface area (Å²) in [7, 11) is 0. The van der Waals surface area contributed by atoms with Crippen LogP contribution in [0.2, 0.25) is 5.02 Å². The lowest BCUT2D eigenvalue weighted by molar-refractivity contribution is -0.384. The van der Waals surface area contributed by atoms with E-state index in [2.05, 4.69) is 0 Å². The molecule has 0 N–H and O–H groups in total. The highest BCUT2D eigenvalue weighted by Crippen LogP contribution is 2.30. The first-order valence-corrected chi connectivity index (χ1v) is 7.74. The molecule has 1 amide bonds. The fourth-order valence-corrected chi connectivity index (χ4v) is 2.88. The zero-order valence-electron chi connectivity index (χ0n) is 12.6. The quantitative estimate of drug-likeness (QED) is 0.611. The molecule has 0 unspecified atom stereocenters. The van der Waals surface area contributed by atoms with Crippen LogP contribution >= 0.6 is 11.6 Å². The normalized spacial score (nSPS) is 14.0. The average Bonchev–Trinajstić information content (AvgIpc) is 2.73. The fraction of sp³-hybridized carbons (Fsp3) is 0.176. The van der Waals surface area contributed by atoms with Crippen molar-refractivity contribution in [2.45, 2.75) is 12.8 Å². The van der Waals surface area contributed by atoms with Gasteiger partial charge in [-0.3, -0.25) is 19.7 Å². The van der Waals surface area contributed by atoms with Gasteiger partial charge in [0.05, 0.1) is 10.6 Å². The van der Waals surface area contributed by atoms with Gasteiger partial charge in [0.15, 0.2) is 5.78 Å². The van der Waals surface area contributed by atoms with E-state index in [1.165, 1.54) is 29.2 Å². The van der Waals surface area contributed by atoms with Gasteiger partial charge in [0.2, 0.25) is 0 Å². The molecule has 0 spiro atoms. The van der Waals surface area contributed by atoms with Gasteiger partial charge >= 0.3 is 0 Å². The smallest absolute Gasteiger partial charge is 0.269 e. The summed E-state index contributed by atoms with van der Waals surface area (Å²) >= 11 is 6.03. The predicted molar refractivity (Wildman–Crippen MR) is 89.8 cm³/mol. The number of hydrogen-bond acceptors (Lipinski definition) is 4. The number of nitrogens with zero attached hydrogens (tertiary/aromatic N) is 2. The highest BCUT2D eigenvalue weighted by atomic mass is 35.5. The highest BCUT2D eigenvalue weighted by Gasteiger charge is 2.26. The largest absolute Gasteiger partial charge is 0.308 e. The lowest BCUT2D eigenvalue weighted by atomic mass is 10.1. The number of benzene rings is 2. The number of ketones is 1. The lowest BCUT2D eigenvalue weighted by Crippen LogP contribution is -2.31. The Hall–Kier alpha value is -2.73. The van der Waals surface area contributed by atoms with Gasteiger partial charge in [-0.15, -0.1) is 0 Å². The molecule has 1 aliphatic heterocycles. The maximum Gasteiger partial charge on any atom is 0.269 e. The molecule has 1 heterocycles. The van der Waals surface area contributed by atoms with Crippen LogP contribution in [0.1, 0.15) is 33.6 Å². The number of carbonyl (C=O) groups excluding carboxylic acids is 2. The lowest BCUT2D eigenvalue weighted by Gasteiger charge is -2.22. The average molecular weight is 345 g/mol. The molecule has 24 heavy (non-hydrogen) atoms. The van der Waals surface area contributed by atoms with E-state index in [1.54, 1.807) is 18.2 Å².